The van der Waals surface area contributed by atoms with E-state index >= 15 is 0 Å². The standard InChI is InChI=1S/C22H30N2O4/c1-15-7-10-18(11-8-15)24-22(28)6-4-3-5-16(2)23-14-21(27)17-9-12-19(25)20(26)13-17/h7-13,16,21,23,25-27H,3-6,14H2,1-2H3,(H,24,28)/t16-,21+/m1/s1. The van der Waals surface area contributed by atoms with Gasteiger partial charge in [0.15, 0.2) is 11.5 Å². The fourth-order valence-electron chi connectivity index (χ4n) is 2.88. The minimum absolute atomic E-state index is 0.0204. The molecule has 0 heterocycles. The Morgan fingerprint density at radius 1 is 1.04 bits per heavy atom. The van der Waals surface area contributed by atoms with Crippen molar-refractivity contribution in [2.45, 2.75) is 51.7 Å². The number of phenolic OH excluding ortho intramolecular Hbond substituents is 2. The average molecular weight is 386 g/mol. The maximum absolute atomic E-state index is 12.0. The first-order valence-corrected chi connectivity index (χ1v) is 9.65. The zero-order valence-electron chi connectivity index (χ0n) is 16.5. The number of amides is 1. The number of aromatic hydroxyl groups is 2. The summed E-state index contributed by atoms with van der Waals surface area (Å²) in [4.78, 5) is 12.0. The second kappa shape index (κ2) is 10.7. The summed E-state index contributed by atoms with van der Waals surface area (Å²) in [5.41, 5.74) is 2.52. The minimum atomic E-state index is -0.769. The Labute approximate surface area is 166 Å². The number of aliphatic hydroxyl groups excluding tert-OH is 1. The molecular weight excluding hydrogens is 356 g/mol. The third kappa shape index (κ3) is 7.21. The first-order valence-electron chi connectivity index (χ1n) is 9.65. The predicted octanol–water partition coefficient (Wildman–Crippen LogP) is 3.62. The van der Waals surface area contributed by atoms with E-state index in [1.165, 1.54) is 12.1 Å². The van der Waals surface area contributed by atoms with Crippen LogP contribution in [0.15, 0.2) is 42.5 Å². The topological polar surface area (TPSA) is 102 Å². The molecule has 2 rings (SSSR count). The number of rotatable bonds is 10. The third-order valence-corrected chi connectivity index (χ3v) is 4.67. The number of hydrogen-bond donors (Lipinski definition) is 5. The highest BCUT2D eigenvalue weighted by Gasteiger charge is 2.12. The summed E-state index contributed by atoms with van der Waals surface area (Å²) in [7, 11) is 0. The molecule has 0 radical (unpaired) electrons. The lowest BCUT2D eigenvalue weighted by molar-refractivity contribution is -0.116. The summed E-state index contributed by atoms with van der Waals surface area (Å²) >= 11 is 0. The van der Waals surface area contributed by atoms with Crippen LogP contribution in [0.1, 0.15) is 49.8 Å². The van der Waals surface area contributed by atoms with Gasteiger partial charge in [-0.1, -0.05) is 30.2 Å². The Morgan fingerprint density at radius 3 is 2.43 bits per heavy atom. The summed E-state index contributed by atoms with van der Waals surface area (Å²) < 4.78 is 0. The third-order valence-electron chi connectivity index (χ3n) is 4.67. The van der Waals surface area contributed by atoms with E-state index in [1.54, 1.807) is 6.07 Å². The molecule has 0 fully saturated rings. The molecule has 0 saturated heterocycles. The van der Waals surface area contributed by atoms with Gasteiger partial charge in [-0.15, -0.1) is 0 Å². The molecule has 0 spiro atoms. The molecule has 0 saturated carbocycles. The smallest absolute Gasteiger partial charge is 0.224 e. The highest BCUT2D eigenvalue weighted by atomic mass is 16.3. The van der Waals surface area contributed by atoms with Crippen LogP contribution in [-0.4, -0.2) is 33.8 Å². The van der Waals surface area contributed by atoms with E-state index in [9.17, 15) is 20.1 Å². The average Bonchev–Trinajstić information content (AvgIpc) is 2.67. The number of aliphatic hydroxyl groups is 1. The normalized spacial score (nSPS) is 13.1. The van der Waals surface area contributed by atoms with Gasteiger partial charge in [0.1, 0.15) is 0 Å². The van der Waals surface area contributed by atoms with Crippen molar-refractivity contribution in [2.24, 2.45) is 0 Å². The van der Waals surface area contributed by atoms with E-state index in [0.29, 0.717) is 18.5 Å². The molecule has 0 bridgehead atoms. The first-order chi connectivity index (χ1) is 13.3. The molecular formula is C22H30N2O4. The van der Waals surface area contributed by atoms with Crippen LogP contribution < -0.4 is 10.6 Å². The molecule has 2 aromatic carbocycles. The zero-order chi connectivity index (χ0) is 20.5. The van der Waals surface area contributed by atoms with Crippen molar-refractivity contribution in [1.29, 1.82) is 0 Å². The van der Waals surface area contributed by atoms with E-state index in [-0.39, 0.29) is 23.4 Å². The van der Waals surface area contributed by atoms with Gasteiger partial charge in [0.2, 0.25) is 5.91 Å². The molecule has 5 N–H and O–H groups in total. The van der Waals surface area contributed by atoms with Crippen molar-refractivity contribution >= 4 is 11.6 Å². The largest absolute Gasteiger partial charge is 0.504 e. The van der Waals surface area contributed by atoms with Gasteiger partial charge < -0.3 is 26.0 Å². The maximum Gasteiger partial charge on any atom is 0.224 e. The van der Waals surface area contributed by atoms with E-state index in [1.807, 2.05) is 38.1 Å². The van der Waals surface area contributed by atoms with Crippen molar-refractivity contribution in [3.05, 3.63) is 53.6 Å². The Kier molecular flexibility index (Phi) is 8.29. The van der Waals surface area contributed by atoms with Crippen LogP contribution in [0.25, 0.3) is 0 Å². The predicted molar refractivity (Wildman–Crippen MR) is 110 cm³/mol. The van der Waals surface area contributed by atoms with Gasteiger partial charge in [-0.05, 0) is 56.5 Å². The number of nitrogens with one attached hydrogen (secondary N) is 2. The Hall–Kier alpha value is -2.57. The van der Waals surface area contributed by atoms with E-state index < -0.39 is 6.10 Å². The first kappa shape index (κ1) is 21.7. The van der Waals surface area contributed by atoms with Gasteiger partial charge in [-0.2, -0.15) is 0 Å². The van der Waals surface area contributed by atoms with Crippen LogP contribution in [0.3, 0.4) is 0 Å². The monoisotopic (exact) mass is 386 g/mol. The number of carbonyl (C=O) groups is 1. The Balaban J connectivity index is 1.61. The van der Waals surface area contributed by atoms with Gasteiger partial charge >= 0.3 is 0 Å². The quantitative estimate of drug-likeness (QED) is 0.317. The molecule has 6 nitrogen and oxygen atoms in total. The fourth-order valence-corrected chi connectivity index (χ4v) is 2.88. The maximum atomic E-state index is 12.0. The molecule has 0 aliphatic heterocycles. The van der Waals surface area contributed by atoms with E-state index in [4.69, 9.17) is 0 Å². The van der Waals surface area contributed by atoms with Crippen LogP contribution in [0.5, 0.6) is 11.5 Å². The van der Waals surface area contributed by atoms with Gasteiger partial charge in [0, 0.05) is 24.7 Å². The van der Waals surface area contributed by atoms with Crippen molar-refractivity contribution < 1.29 is 20.1 Å². The van der Waals surface area contributed by atoms with Gasteiger partial charge in [0.25, 0.3) is 0 Å². The SMILES string of the molecule is Cc1ccc(NC(=O)CCCC[C@@H](C)NC[C@H](O)c2ccc(O)c(O)c2)cc1. The molecule has 2 atom stereocenters. The number of benzene rings is 2. The number of anilines is 1. The van der Waals surface area contributed by atoms with Crippen LogP contribution >= 0.6 is 0 Å². The summed E-state index contributed by atoms with van der Waals surface area (Å²) in [6, 6.07) is 12.2. The van der Waals surface area contributed by atoms with Crippen LogP contribution in [-0.2, 0) is 4.79 Å². The lowest BCUT2D eigenvalue weighted by atomic mass is 10.1. The second-order valence-corrected chi connectivity index (χ2v) is 7.23. The zero-order valence-corrected chi connectivity index (χ0v) is 16.5. The Morgan fingerprint density at radius 2 is 1.75 bits per heavy atom. The molecule has 2 aromatic rings. The fraction of sp³-hybridized carbons (Fsp3) is 0.409. The molecule has 0 aliphatic carbocycles. The lowest BCUT2D eigenvalue weighted by Crippen LogP contribution is -2.30. The lowest BCUT2D eigenvalue weighted by Gasteiger charge is -2.17. The molecule has 0 unspecified atom stereocenters. The molecule has 152 valence electrons. The number of aryl methyl sites for hydroxylation is 1. The van der Waals surface area contributed by atoms with Crippen LogP contribution in [0, 0.1) is 6.92 Å². The molecule has 0 aliphatic rings. The summed E-state index contributed by atoms with van der Waals surface area (Å²) in [6.45, 7) is 4.39. The molecule has 1 amide bonds. The molecule has 0 aromatic heterocycles. The van der Waals surface area contributed by atoms with Crippen molar-refractivity contribution in [3.63, 3.8) is 0 Å². The van der Waals surface area contributed by atoms with Gasteiger partial charge in [-0.25, -0.2) is 0 Å². The molecule has 28 heavy (non-hydrogen) atoms. The van der Waals surface area contributed by atoms with E-state index in [2.05, 4.69) is 10.6 Å². The highest BCUT2D eigenvalue weighted by molar-refractivity contribution is 5.90. The highest BCUT2D eigenvalue weighted by Crippen LogP contribution is 2.27. The van der Waals surface area contributed by atoms with Crippen LogP contribution in [0.2, 0.25) is 0 Å². The van der Waals surface area contributed by atoms with Gasteiger partial charge in [0.05, 0.1) is 6.10 Å². The van der Waals surface area contributed by atoms with Crippen molar-refractivity contribution in [1.82, 2.24) is 5.32 Å². The number of phenols is 2. The second-order valence-electron chi connectivity index (χ2n) is 7.23. The van der Waals surface area contributed by atoms with Gasteiger partial charge in [-0.3, -0.25) is 4.79 Å². The number of unbranched alkanes of at least 4 members (excludes halogenated alkanes) is 1. The van der Waals surface area contributed by atoms with Crippen LogP contribution in [0.4, 0.5) is 5.69 Å². The Bertz CT molecular complexity index is 762. The van der Waals surface area contributed by atoms with Crippen molar-refractivity contribution in [2.75, 3.05) is 11.9 Å². The minimum Gasteiger partial charge on any atom is -0.504 e. The summed E-state index contributed by atoms with van der Waals surface area (Å²) in [5.74, 6) is -0.427. The summed E-state index contributed by atoms with van der Waals surface area (Å²) in [6.07, 6.45) is 2.32. The molecule has 6 heteroatoms. The number of carbonyl (C=O) groups excluding carboxylic acids is 1. The number of hydrogen-bond acceptors (Lipinski definition) is 5. The van der Waals surface area contributed by atoms with E-state index in [0.717, 1.165) is 30.5 Å². The van der Waals surface area contributed by atoms with Crippen molar-refractivity contribution in [3.8, 4) is 11.5 Å². The summed E-state index contributed by atoms with van der Waals surface area (Å²) in [5, 5.41) is 35.2.